The number of hydrogen-bond acceptors (Lipinski definition) is 4. The van der Waals surface area contributed by atoms with E-state index < -0.39 is 0 Å². The summed E-state index contributed by atoms with van der Waals surface area (Å²) >= 11 is 0. The fourth-order valence-corrected chi connectivity index (χ4v) is 2.85. The van der Waals surface area contributed by atoms with E-state index in [-0.39, 0.29) is 5.75 Å². The highest BCUT2D eigenvalue weighted by Crippen LogP contribution is 2.28. The largest absolute Gasteiger partial charge is 0.506 e. The third-order valence-electron chi connectivity index (χ3n) is 4.22. The van der Waals surface area contributed by atoms with Crippen LogP contribution in [0.2, 0.25) is 0 Å². The monoisotopic (exact) mass is 330 g/mol. The summed E-state index contributed by atoms with van der Waals surface area (Å²) in [6.45, 7) is 5.99. The fourth-order valence-electron chi connectivity index (χ4n) is 2.85. The summed E-state index contributed by atoms with van der Waals surface area (Å²) in [5.41, 5.74) is 6.09. The Balaban J connectivity index is 1.96. The minimum absolute atomic E-state index is 0.161. The van der Waals surface area contributed by atoms with Gasteiger partial charge in [-0.15, -0.1) is 0 Å². The SMILES string of the molecule is Cc1ccc(O)c(N=c2cc3oc4ccc(C)cc4nc-3cc2C)c1. The van der Waals surface area contributed by atoms with E-state index in [0.29, 0.717) is 11.4 Å². The van der Waals surface area contributed by atoms with Crippen LogP contribution in [0.4, 0.5) is 5.69 Å². The number of rotatable bonds is 1. The van der Waals surface area contributed by atoms with Gasteiger partial charge in [-0.05, 0) is 67.8 Å². The first-order valence-corrected chi connectivity index (χ1v) is 8.16. The average Bonchev–Trinajstić information content (AvgIpc) is 2.57. The number of phenolic OH excluding ortho intramolecular Hbond substituents is 1. The predicted molar refractivity (Wildman–Crippen MR) is 98.2 cm³/mol. The molecule has 2 aliphatic rings. The molecule has 1 aliphatic carbocycles. The van der Waals surface area contributed by atoms with Crippen LogP contribution in [0.1, 0.15) is 16.7 Å². The zero-order chi connectivity index (χ0) is 17.6. The summed E-state index contributed by atoms with van der Waals surface area (Å²) in [6, 6.07) is 15.2. The van der Waals surface area contributed by atoms with Gasteiger partial charge < -0.3 is 9.52 Å². The normalized spacial score (nSPS) is 12.2. The molecule has 4 heteroatoms. The van der Waals surface area contributed by atoms with E-state index in [9.17, 15) is 5.11 Å². The van der Waals surface area contributed by atoms with E-state index >= 15 is 0 Å². The predicted octanol–water partition coefficient (Wildman–Crippen LogP) is 4.80. The standard InChI is InChI=1S/C21H18N2O2/c1-12-4-6-19(24)16(8-12)22-15-11-21-18(10-14(15)3)23-17-9-13(2)5-7-20(17)25-21/h4-11,24H,1-3H3. The lowest BCUT2D eigenvalue weighted by Crippen LogP contribution is -2.08. The Kier molecular flexibility index (Phi) is 3.53. The second-order valence-electron chi connectivity index (χ2n) is 6.40. The molecule has 1 heterocycles. The number of fused-ring (bicyclic) bond motifs is 2. The van der Waals surface area contributed by atoms with Gasteiger partial charge in [0.2, 0.25) is 0 Å². The van der Waals surface area contributed by atoms with Crippen molar-refractivity contribution in [2.45, 2.75) is 20.8 Å². The van der Waals surface area contributed by atoms with Crippen molar-refractivity contribution in [3.8, 4) is 17.2 Å². The molecule has 0 aromatic heterocycles. The molecule has 0 amide bonds. The van der Waals surface area contributed by atoms with Crippen molar-refractivity contribution in [1.82, 2.24) is 4.98 Å². The molecule has 1 aliphatic heterocycles. The number of nitrogens with zero attached hydrogens (tertiary/aromatic N) is 2. The van der Waals surface area contributed by atoms with E-state index in [1.807, 2.05) is 63.2 Å². The van der Waals surface area contributed by atoms with Crippen molar-refractivity contribution in [1.29, 1.82) is 0 Å². The quantitative estimate of drug-likeness (QED) is 0.510. The van der Waals surface area contributed by atoms with Crippen molar-refractivity contribution in [3.63, 3.8) is 0 Å². The highest BCUT2D eigenvalue weighted by atomic mass is 16.3. The molecule has 1 N–H and O–H groups in total. The van der Waals surface area contributed by atoms with Crippen LogP contribution < -0.4 is 5.36 Å². The number of hydrogen-bond donors (Lipinski definition) is 1. The first-order chi connectivity index (χ1) is 12.0. The Morgan fingerprint density at radius 1 is 0.920 bits per heavy atom. The van der Waals surface area contributed by atoms with E-state index in [4.69, 9.17) is 9.40 Å². The molecule has 0 unspecified atom stereocenters. The van der Waals surface area contributed by atoms with Crippen LogP contribution in [0, 0.1) is 20.8 Å². The number of aromatic nitrogens is 1. The summed E-state index contributed by atoms with van der Waals surface area (Å²) in [7, 11) is 0. The van der Waals surface area contributed by atoms with Crippen LogP contribution in [0.25, 0.3) is 22.6 Å². The maximum atomic E-state index is 10.0. The molecule has 2 aromatic carbocycles. The second-order valence-corrected chi connectivity index (χ2v) is 6.40. The van der Waals surface area contributed by atoms with Crippen LogP contribution in [0.15, 0.2) is 57.9 Å². The summed E-state index contributed by atoms with van der Waals surface area (Å²) in [5, 5.41) is 10.8. The molecule has 4 rings (SSSR count). The fraction of sp³-hybridized carbons (Fsp3) is 0.143. The van der Waals surface area contributed by atoms with Crippen molar-refractivity contribution in [3.05, 3.63) is 70.6 Å². The zero-order valence-electron chi connectivity index (χ0n) is 14.4. The Morgan fingerprint density at radius 3 is 2.52 bits per heavy atom. The van der Waals surface area contributed by atoms with Gasteiger partial charge in [0.25, 0.3) is 0 Å². The van der Waals surface area contributed by atoms with E-state index in [1.165, 1.54) is 0 Å². The van der Waals surface area contributed by atoms with E-state index in [1.54, 1.807) is 6.07 Å². The van der Waals surface area contributed by atoms with Crippen molar-refractivity contribution >= 4 is 16.8 Å². The van der Waals surface area contributed by atoms with Crippen molar-refractivity contribution < 1.29 is 9.52 Å². The maximum Gasteiger partial charge on any atom is 0.155 e. The highest BCUT2D eigenvalue weighted by Gasteiger charge is 2.11. The van der Waals surface area contributed by atoms with E-state index in [0.717, 1.165) is 38.8 Å². The molecule has 0 fully saturated rings. The van der Waals surface area contributed by atoms with Gasteiger partial charge in [-0.1, -0.05) is 12.1 Å². The second kappa shape index (κ2) is 5.74. The van der Waals surface area contributed by atoms with Crippen LogP contribution in [0.5, 0.6) is 5.75 Å². The lowest BCUT2D eigenvalue weighted by atomic mass is 10.1. The van der Waals surface area contributed by atoms with Crippen LogP contribution >= 0.6 is 0 Å². The molecule has 0 spiro atoms. The van der Waals surface area contributed by atoms with Gasteiger partial charge in [0.15, 0.2) is 11.3 Å². The molecule has 25 heavy (non-hydrogen) atoms. The molecule has 0 saturated heterocycles. The number of aromatic hydroxyl groups is 1. The van der Waals surface area contributed by atoms with Gasteiger partial charge in [-0.3, -0.25) is 0 Å². The minimum atomic E-state index is 0.161. The molecule has 0 radical (unpaired) electrons. The summed E-state index contributed by atoms with van der Waals surface area (Å²) in [6.07, 6.45) is 0. The zero-order valence-corrected chi connectivity index (χ0v) is 14.4. The summed E-state index contributed by atoms with van der Waals surface area (Å²) in [5.74, 6) is 0.835. The summed E-state index contributed by atoms with van der Waals surface area (Å²) in [4.78, 5) is 9.30. The van der Waals surface area contributed by atoms with E-state index in [2.05, 4.69) is 4.99 Å². The van der Waals surface area contributed by atoms with Gasteiger partial charge in [-0.25, -0.2) is 9.98 Å². The number of benzene rings is 3. The Labute approximate surface area is 145 Å². The molecule has 4 nitrogen and oxygen atoms in total. The molecule has 0 bridgehead atoms. The summed E-state index contributed by atoms with van der Waals surface area (Å²) < 4.78 is 6.00. The van der Waals surface area contributed by atoms with Gasteiger partial charge in [0, 0.05) is 6.07 Å². The number of phenols is 1. The molecular formula is C21H18N2O2. The molecular weight excluding hydrogens is 312 g/mol. The molecule has 0 atom stereocenters. The Morgan fingerprint density at radius 2 is 1.68 bits per heavy atom. The Hall–Kier alpha value is -3.14. The van der Waals surface area contributed by atoms with Crippen molar-refractivity contribution in [2.75, 3.05) is 0 Å². The highest BCUT2D eigenvalue weighted by molar-refractivity contribution is 5.77. The van der Waals surface area contributed by atoms with Crippen LogP contribution in [0.3, 0.4) is 0 Å². The molecule has 2 aromatic rings. The third-order valence-corrected chi connectivity index (χ3v) is 4.22. The van der Waals surface area contributed by atoms with Gasteiger partial charge >= 0.3 is 0 Å². The van der Waals surface area contributed by atoms with Crippen LogP contribution in [-0.2, 0) is 0 Å². The Bertz CT molecular complexity index is 1140. The molecule has 124 valence electrons. The van der Waals surface area contributed by atoms with Gasteiger partial charge in [-0.2, -0.15) is 0 Å². The first-order valence-electron chi connectivity index (χ1n) is 8.16. The lowest BCUT2D eigenvalue weighted by Gasteiger charge is -2.08. The minimum Gasteiger partial charge on any atom is -0.506 e. The van der Waals surface area contributed by atoms with Gasteiger partial charge in [0.1, 0.15) is 22.6 Å². The lowest BCUT2D eigenvalue weighted by molar-refractivity contribution is 0.476. The van der Waals surface area contributed by atoms with Gasteiger partial charge in [0.05, 0.1) is 5.36 Å². The average molecular weight is 330 g/mol. The first kappa shape index (κ1) is 15.4. The smallest absolute Gasteiger partial charge is 0.155 e. The number of aryl methyl sites for hydroxylation is 3. The maximum absolute atomic E-state index is 10.0. The van der Waals surface area contributed by atoms with Crippen molar-refractivity contribution in [2.24, 2.45) is 4.99 Å². The topological polar surface area (TPSA) is 58.6 Å². The van der Waals surface area contributed by atoms with Crippen LogP contribution in [-0.4, -0.2) is 10.1 Å². The molecule has 0 saturated carbocycles. The third kappa shape index (κ3) is 2.87.